The molecule has 0 fully saturated rings. The van der Waals surface area contributed by atoms with E-state index in [2.05, 4.69) is 4.72 Å². The van der Waals surface area contributed by atoms with Gasteiger partial charge >= 0.3 is 6.18 Å². The van der Waals surface area contributed by atoms with E-state index in [4.69, 9.17) is 0 Å². The van der Waals surface area contributed by atoms with Gasteiger partial charge in [0.25, 0.3) is 16.4 Å². The third-order valence-corrected chi connectivity index (χ3v) is 6.14. The number of fused-ring (bicyclic) bond motifs is 1. The van der Waals surface area contributed by atoms with Crippen LogP contribution in [0, 0.1) is 0 Å². The Hall–Kier alpha value is -2.20. The zero-order chi connectivity index (χ0) is 21.2. The largest absolute Gasteiger partial charge is 0.416 e. The van der Waals surface area contributed by atoms with Crippen molar-refractivity contribution in [3.63, 3.8) is 0 Å². The van der Waals surface area contributed by atoms with Crippen LogP contribution in [-0.2, 0) is 29.0 Å². The van der Waals surface area contributed by atoms with Crippen LogP contribution >= 0.6 is 0 Å². The standard InChI is InChI=1S/C19H19F5N2O2S/c20-18(21)12-26-9-7-13-1-4-16(11-14(13)8-10-26)25-29(27,28)17-5-2-15(3-6-17)19(22,23)24/h1-6,11,18,25H,7-10,12H2. The number of nitrogens with zero attached hydrogens (tertiary/aromatic N) is 1. The summed E-state index contributed by atoms with van der Waals surface area (Å²) in [7, 11) is -4.06. The van der Waals surface area contributed by atoms with Crippen molar-refractivity contribution in [1.82, 2.24) is 4.90 Å². The van der Waals surface area contributed by atoms with Gasteiger partial charge < -0.3 is 0 Å². The van der Waals surface area contributed by atoms with Crippen LogP contribution in [0.1, 0.15) is 16.7 Å². The molecule has 158 valence electrons. The molecule has 2 aromatic rings. The molecule has 4 nitrogen and oxygen atoms in total. The topological polar surface area (TPSA) is 49.4 Å². The highest BCUT2D eigenvalue weighted by Gasteiger charge is 2.30. The number of rotatable bonds is 5. The molecule has 0 unspecified atom stereocenters. The molecule has 0 radical (unpaired) electrons. The predicted octanol–water partition coefficient (Wildman–Crippen LogP) is 4.17. The Kier molecular flexibility index (Phi) is 6.13. The lowest BCUT2D eigenvalue weighted by atomic mass is 10.0. The zero-order valence-corrected chi connectivity index (χ0v) is 16.0. The van der Waals surface area contributed by atoms with E-state index in [9.17, 15) is 30.4 Å². The number of anilines is 1. The molecule has 0 aliphatic carbocycles. The summed E-state index contributed by atoms with van der Waals surface area (Å²) < 4.78 is 90.5. The number of alkyl halides is 5. The molecular weight excluding hydrogens is 415 g/mol. The third-order valence-electron chi connectivity index (χ3n) is 4.74. The Bertz CT molecular complexity index is 960. The van der Waals surface area contributed by atoms with E-state index in [0.29, 0.717) is 38.1 Å². The Balaban J connectivity index is 1.75. The van der Waals surface area contributed by atoms with Crippen molar-refractivity contribution < 1.29 is 30.4 Å². The molecule has 0 saturated carbocycles. The molecule has 2 aromatic carbocycles. The van der Waals surface area contributed by atoms with Gasteiger partial charge in [-0.25, -0.2) is 17.2 Å². The lowest BCUT2D eigenvalue weighted by molar-refractivity contribution is -0.137. The highest BCUT2D eigenvalue weighted by Crippen LogP contribution is 2.30. The summed E-state index contributed by atoms with van der Waals surface area (Å²) in [6.07, 6.45) is -5.89. The lowest BCUT2D eigenvalue weighted by Crippen LogP contribution is -2.31. The average molecular weight is 434 g/mol. The quantitative estimate of drug-likeness (QED) is 0.719. The van der Waals surface area contributed by atoms with Crippen LogP contribution in [0.3, 0.4) is 0 Å². The van der Waals surface area contributed by atoms with Gasteiger partial charge in [0.15, 0.2) is 0 Å². The molecule has 1 aliphatic rings. The Morgan fingerprint density at radius 3 is 2.17 bits per heavy atom. The summed E-state index contributed by atoms with van der Waals surface area (Å²) in [6, 6.07) is 8.16. The SMILES string of the molecule is O=S(=O)(Nc1ccc2c(c1)CCN(CC(F)F)CC2)c1ccc(C(F)(F)F)cc1. The zero-order valence-electron chi connectivity index (χ0n) is 15.2. The molecule has 0 bridgehead atoms. The van der Waals surface area contributed by atoms with Crippen molar-refractivity contribution in [2.45, 2.75) is 30.3 Å². The average Bonchev–Trinajstić information content (AvgIpc) is 2.82. The summed E-state index contributed by atoms with van der Waals surface area (Å²) in [4.78, 5) is 1.38. The van der Waals surface area contributed by atoms with Gasteiger partial charge in [0.1, 0.15) is 0 Å². The first-order valence-corrected chi connectivity index (χ1v) is 10.4. The minimum Gasteiger partial charge on any atom is -0.297 e. The number of hydrogen-bond acceptors (Lipinski definition) is 3. The summed E-state index contributed by atoms with van der Waals surface area (Å²) in [6.45, 7) is 0.627. The van der Waals surface area contributed by atoms with Crippen molar-refractivity contribution in [2.75, 3.05) is 24.4 Å². The van der Waals surface area contributed by atoms with Gasteiger partial charge in [0.2, 0.25) is 0 Å². The maximum absolute atomic E-state index is 12.6. The predicted molar refractivity (Wildman–Crippen MR) is 98.5 cm³/mol. The normalized spacial score (nSPS) is 15.8. The monoisotopic (exact) mass is 434 g/mol. The van der Waals surface area contributed by atoms with E-state index in [1.54, 1.807) is 23.1 Å². The minimum atomic E-state index is -4.55. The number of sulfonamides is 1. The summed E-state index contributed by atoms with van der Waals surface area (Å²) in [5.41, 5.74) is 1.15. The van der Waals surface area contributed by atoms with Crippen LogP contribution in [0.5, 0.6) is 0 Å². The van der Waals surface area contributed by atoms with Crippen LogP contribution in [0.25, 0.3) is 0 Å². The van der Waals surface area contributed by atoms with E-state index in [0.717, 1.165) is 23.3 Å². The summed E-state index contributed by atoms with van der Waals surface area (Å²) in [5.74, 6) is 0. The van der Waals surface area contributed by atoms with Crippen LogP contribution in [0.2, 0.25) is 0 Å². The number of hydrogen-bond donors (Lipinski definition) is 1. The van der Waals surface area contributed by atoms with Crippen LogP contribution < -0.4 is 4.72 Å². The fourth-order valence-corrected chi connectivity index (χ4v) is 4.30. The molecule has 1 aliphatic heterocycles. The molecule has 1 heterocycles. The lowest BCUT2D eigenvalue weighted by Gasteiger charge is -2.18. The van der Waals surface area contributed by atoms with E-state index in [1.807, 2.05) is 0 Å². The Morgan fingerprint density at radius 1 is 0.966 bits per heavy atom. The van der Waals surface area contributed by atoms with Crippen LogP contribution in [-0.4, -0.2) is 39.4 Å². The second-order valence-electron chi connectivity index (χ2n) is 6.80. The second kappa shape index (κ2) is 8.27. The molecule has 29 heavy (non-hydrogen) atoms. The molecule has 0 spiro atoms. The van der Waals surface area contributed by atoms with E-state index in [1.165, 1.54) is 0 Å². The van der Waals surface area contributed by atoms with Crippen molar-refractivity contribution >= 4 is 15.7 Å². The molecule has 0 atom stereocenters. The highest BCUT2D eigenvalue weighted by molar-refractivity contribution is 7.92. The minimum absolute atomic E-state index is 0.269. The molecule has 10 heteroatoms. The number of nitrogens with one attached hydrogen (secondary N) is 1. The van der Waals surface area contributed by atoms with Crippen molar-refractivity contribution in [3.8, 4) is 0 Å². The third kappa shape index (κ3) is 5.45. The first-order chi connectivity index (χ1) is 13.5. The van der Waals surface area contributed by atoms with Gasteiger partial charge in [-0.15, -0.1) is 0 Å². The first kappa shape index (κ1) is 21.5. The Morgan fingerprint density at radius 2 is 1.59 bits per heavy atom. The van der Waals surface area contributed by atoms with E-state index >= 15 is 0 Å². The van der Waals surface area contributed by atoms with Gasteiger partial charge in [0.05, 0.1) is 17.0 Å². The number of benzene rings is 2. The smallest absolute Gasteiger partial charge is 0.297 e. The maximum atomic E-state index is 12.6. The summed E-state index contributed by atoms with van der Waals surface area (Å²) in [5, 5.41) is 0. The molecule has 3 rings (SSSR count). The molecule has 1 N–H and O–H groups in total. The fraction of sp³-hybridized carbons (Fsp3) is 0.368. The van der Waals surface area contributed by atoms with Crippen molar-refractivity contribution in [2.24, 2.45) is 0 Å². The van der Waals surface area contributed by atoms with E-state index < -0.39 is 28.2 Å². The highest BCUT2D eigenvalue weighted by atomic mass is 32.2. The van der Waals surface area contributed by atoms with Gasteiger partial charge in [-0.05, 0) is 60.4 Å². The number of halogens is 5. The van der Waals surface area contributed by atoms with Gasteiger partial charge in [-0.3, -0.25) is 9.62 Å². The maximum Gasteiger partial charge on any atom is 0.416 e. The summed E-state index contributed by atoms with van der Waals surface area (Å²) >= 11 is 0. The van der Waals surface area contributed by atoms with Gasteiger partial charge in [-0.2, -0.15) is 13.2 Å². The fourth-order valence-electron chi connectivity index (χ4n) is 3.25. The molecule has 0 saturated heterocycles. The van der Waals surface area contributed by atoms with Crippen LogP contribution in [0.4, 0.5) is 27.6 Å². The van der Waals surface area contributed by atoms with Crippen molar-refractivity contribution in [1.29, 1.82) is 0 Å². The molecule has 0 aromatic heterocycles. The van der Waals surface area contributed by atoms with E-state index in [-0.39, 0.29) is 17.1 Å². The second-order valence-corrected chi connectivity index (χ2v) is 8.49. The Labute approximate surface area is 165 Å². The van der Waals surface area contributed by atoms with Gasteiger partial charge in [-0.1, -0.05) is 6.07 Å². The van der Waals surface area contributed by atoms with Crippen molar-refractivity contribution in [3.05, 3.63) is 59.2 Å². The molecular formula is C19H19F5N2O2S. The van der Waals surface area contributed by atoms with Gasteiger partial charge in [0, 0.05) is 18.8 Å². The van der Waals surface area contributed by atoms with Crippen LogP contribution in [0.15, 0.2) is 47.4 Å². The molecule has 0 amide bonds. The first-order valence-electron chi connectivity index (χ1n) is 8.87.